The summed E-state index contributed by atoms with van der Waals surface area (Å²) in [5, 5.41) is 0. The Morgan fingerprint density at radius 3 is 2.94 bits per heavy atom. The van der Waals surface area contributed by atoms with Gasteiger partial charge < -0.3 is 4.74 Å². The van der Waals surface area contributed by atoms with E-state index >= 15 is 0 Å². The number of nitrogens with zero attached hydrogens (tertiary/aromatic N) is 1. The summed E-state index contributed by atoms with van der Waals surface area (Å²) in [4.78, 5) is 16.6. The molecular weight excluding hydrogens is 222 g/mol. The van der Waals surface area contributed by atoms with Crippen molar-refractivity contribution in [2.75, 3.05) is 7.11 Å². The van der Waals surface area contributed by atoms with Crippen molar-refractivity contribution in [3.05, 3.63) is 28.3 Å². The Hall–Kier alpha value is -1.42. The fourth-order valence-corrected chi connectivity index (χ4v) is 2.77. The molecule has 0 aliphatic rings. The van der Waals surface area contributed by atoms with Gasteiger partial charge in [0, 0.05) is 11.8 Å². The van der Waals surface area contributed by atoms with E-state index in [0.717, 1.165) is 22.2 Å². The van der Waals surface area contributed by atoms with Crippen molar-refractivity contribution < 1.29 is 9.53 Å². The number of esters is 1. The van der Waals surface area contributed by atoms with Crippen molar-refractivity contribution in [1.29, 1.82) is 0 Å². The van der Waals surface area contributed by atoms with E-state index in [1.807, 2.05) is 13.1 Å². The van der Waals surface area contributed by atoms with Crippen molar-refractivity contribution in [3.63, 3.8) is 0 Å². The Balaban J connectivity index is 2.63. The Kier molecular flexibility index (Phi) is 2.92. The molecule has 84 valence electrons. The highest BCUT2D eigenvalue weighted by molar-refractivity contribution is 7.20. The lowest BCUT2D eigenvalue weighted by Gasteiger charge is -1.96. The number of hydrogen-bond acceptors (Lipinski definition) is 4. The lowest BCUT2D eigenvalue weighted by Crippen LogP contribution is -1.99. The maximum atomic E-state index is 11.5. The maximum Gasteiger partial charge on any atom is 0.348 e. The highest BCUT2D eigenvalue weighted by Gasteiger charge is 2.16. The molecule has 2 aromatic heterocycles. The van der Waals surface area contributed by atoms with Crippen LogP contribution in [-0.4, -0.2) is 18.1 Å². The van der Waals surface area contributed by atoms with Gasteiger partial charge in [0.05, 0.1) is 17.3 Å². The zero-order valence-corrected chi connectivity index (χ0v) is 10.4. The molecule has 4 heteroatoms. The van der Waals surface area contributed by atoms with Crippen LogP contribution in [0.4, 0.5) is 0 Å². The summed E-state index contributed by atoms with van der Waals surface area (Å²) in [7, 11) is 1.40. The molecule has 0 saturated heterocycles. The zero-order chi connectivity index (χ0) is 11.7. The Bertz CT molecular complexity index is 545. The van der Waals surface area contributed by atoms with Gasteiger partial charge in [-0.3, -0.25) is 4.98 Å². The summed E-state index contributed by atoms with van der Waals surface area (Å²) in [5.74, 6) is -0.279. The van der Waals surface area contributed by atoms with E-state index in [2.05, 4.69) is 18.0 Å². The molecule has 3 nitrogen and oxygen atoms in total. The molecule has 16 heavy (non-hydrogen) atoms. The van der Waals surface area contributed by atoms with E-state index in [1.54, 1.807) is 0 Å². The van der Waals surface area contributed by atoms with E-state index in [-0.39, 0.29) is 5.97 Å². The van der Waals surface area contributed by atoms with Crippen LogP contribution in [0, 0.1) is 6.92 Å². The molecule has 0 fully saturated rings. The molecule has 0 radical (unpaired) electrons. The lowest BCUT2D eigenvalue weighted by atomic mass is 10.2. The van der Waals surface area contributed by atoms with Gasteiger partial charge in [-0.05, 0) is 25.0 Å². The SMILES string of the molecule is CCc1cnc2c(C)c(C(=O)OC)sc2c1. The van der Waals surface area contributed by atoms with E-state index in [4.69, 9.17) is 4.74 Å². The number of carbonyl (C=O) groups excluding carboxylic acids is 1. The minimum atomic E-state index is -0.279. The first kappa shape index (κ1) is 11.1. The molecule has 2 rings (SSSR count). The Labute approximate surface area is 98.1 Å². The van der Waals surface area contributed by atoms with Gasteiger partial charge in [-0.2, -0.15) is 0 Å². The van der Waals surface area contributed by atoms with Crippen LogP contribution in [0.3, 0.4) is 0 Å². The molecular formula is C12H13NO2S. The third-order valence-electron chi connectivity index (χ3n) is 2.60. The fourth-order valence-electron chi connectivity index (χ4n) is 1.62. The first-order valence-corrected chi connectivity index (χ1v) is 5.95. The average Bonchev–Trinajstić information content (AvgIpc) is 2.65. The number of fused-ring (bicyclic) bond motifs is 1. The van der Waals surface area contributed by atoms with Crippen molar-refractivity contribution in [2.24, 2.45) is 0 Å². The summed E-state index contributed by atoms with van der Waals surface area (Å²) in [6.45, 7) is 3.99. The Morgan fingerprint density at radius 2 is 2.31 bits per heavy atom. The van der Waals surface area contributed by atoms with Crippen molar-refractivity contribution in [3.8, 4) is 0 Å². The number of ether oxygens (including phenoxy) is 1. The van der Waals surface area contributed by atoms with E-state index in [9.17, 15) is 4.79 Å². The number of pyridine rings is 1. The number of methoxy groups -OCH3 is 1. The van der Waals surface area contributed by atoms with E-state index in [0.29, 0.717) is 4.88 Å². The van der Waals surface area contributed by atoms with Crippen LogP contribution >= 0.6 is 11.3 Å². The minimum absolute atomic E-state index is 0.279. The topological polar surface area (TPSA) is 39.2 Å². The zero-order valence-electron chi connectivity index (χ0n) is 9.53. The van der Waals surface area contributed by atoms with Crippen LogP contribution < -0.4 is 0 Å². The maximum absolute atomic E-state index is 11.5. The first-order valence-electron chi connectivity index (χ1n) is 5.13. The van der Waals surface area contributed by atoms with Crippen molar-refractivity contribution in [1.82, 2.24) is 4.98 Å². The standard InChI is InChI=1S/C12H13NO2S/c1-4-8-5-9-10(13-6-8)7(2)11(16-9)12(14)15-3/h5-6H,4H2,1-3H3. The van der Waals surface area contributed by atoms with Gasteiger partial charge in [0.25, 0.3) is 0 Å². The van der Waals surface area contributed by atoms with Crippen LogP contribution in [0.25, 0.3) is 10.2 Å². The number of carbonyl (C=O) groups is 1. The number of hydrogen-bond donors (Lipinski definition) is 0. The number of aryl methyl sites for hydroxylation is 2. The van der Waals surface area contributed by atoms with Crippen LogP contribution in [0.2, 0.25) is 0 Å². The number of rotatable bonds is 2. The second kappa shape index (κ2) is 4.22. The van der Waals surface area contributed by atoms with Crippen LogP contribution in [0.1, 0.15) is 27.7 Å². The quantitative estimate of drug-likeness (QED) is 0.751. The highest BCUT2D eigenvalue weighted by atomic mass is 32.1. The second-order valence-electron chi connectivity index (χ2n) is 3.59. The van der Waals surface area contributed by atoms with Crippen molar-refractivity contribution in [2.45, 2.75) is 20.3 Å². The Morgan fingerprint density at radius 1 is 1.56 bits per heavy atom. The van der Waals surface area contributed by atoms with Gasteiger partial charge in [-0.25, -0.2) is 4.79 Å². The normalized spacial score (nSPS) is 10.7. The summed E-state index contributed by atoms with van der Waals surface area (Å²) >= 11 is 1.45. The van der Waals surface area contributed by atoms with Crippen LogP contribution in [-0.2, 0) is 11.2 Å². The van der Waals surface area contributed by atoms with Crippen LogP contribution in [0.15, 0.2) is 12.3 Å². The molecule has 0 saturated carbocycles. The fraction of sp³-hybridized carbons (Fsp3) is 0.333. The number of aromatic nitrogens is 1. The lowest BCUT2D eigenvalue weighted by molar-refractivity contribution is 0.0605. The summed E-state index contributed by atoms with van der Waals surface area (Å²) in [6, 6.07) is 2.09. The van der Waals surface area contributed by atoms with E-state index in [1.165, 1.54) is 24.0 Å². The van der Waals surface area contributed by atoms with E-state index < -0.39 is 0 Å². The number of thiophene rings is 1. The molecule has 2 heterocycles. The largest absolute Gasteiger partial charge is 0.465 e. The third kappa shape index (κ3) is 1.69. The van der Waals surface area contributed by atoms with Gasteiger partial charge in [-0.1, -0.05) is 6.92 Å². The molecule has 0 N–H and O–H groups in total. The first-order chi connectivity index (χ1) is 7.67. The summed E-state index contributed by atoms with van der Waals surface area (Å²) < 4.78 is 5.80. The smallest absolute Gasteiger partial charge is 0.348 e. The monoisotopic (exact) mass is 235 g/mol. The van der Waals surface area contributed by atoms with Crippen LogP contribution in [0.5, 0.6) is 0 Å². The predicted octanol–water partition coefficient (Wildman–Crippen LogP) is 2.95. The molecule has 0 bridgehead atoms. The molecule has 0 spiro atoms. The molecule has 0 aromatic carbocycles. The second-order valence-corrected chi connectivity index (χ2v) is 4.64. The molecule has 2 aromatic rings. The molecule has 0 aliphatic carbocycles. The van der Waals surface area contributed by atoms with Gasteiger partial charge >= 0.3 is 5.97 Å². The van der Waals surface area contributed by atoms with Gasteiger partial charge in [-0.15, -0.1) is 11.3 Å². The average molecular weight is 235 g/mol. The summed E-state index contributed by atoms with van der Waals surface area (Å²) in [5.41, 5.74) is 3.00. The summed E-state index contributed by atoms with van der Waals surface area (Å²) in [6.07, 6.45) is 2.82. The van der Waals surface area contributed by atoms with Gasteiger partial charge in [0.2, 0.25) is 0 Å². The predicted molar refractivity (Wildman–Crippen MR) is 65.1 cm³/mol. The molecule has 0 aliphatic heterocycles. The van der Waals surface area contributed by atoms with Crippen molar-refractivity contribution >= 4 is 27.5 Å². The highest BCUT2D eigenvalue weighted by Crippen LogP contribution is 2.30. The minimum Gasteiger partial charge on any atom is -0.465 e. The van der Waals surface area contributed by atoms with Gasteiger partial charge in [0.1, 0.15) is 4.88 Å². The third-order valence-corrected chi connectivity index (χ3v) is 3.80. The molecule has 0 unspecified atom stereocenters. The molecule has 0 atom stereocenters. The molecule has 0 amide bonds. The van der Waals surface area contributed by atoms with Gasteiger partial charge in [0.15, 0.2) is 0 Å².